The minimum atomic E-state index is -0.388. The minimum Gasteiger partial charge on any atom is -0.457 e. The standard InChI is InChI=1S/C21H17BrN2O3/c22-15-6-8-16(9-7-15)23-20(25)14-21(26)24-17-10-12-19(13-11-17)27-18-4-2-1-3-5-18/h1-13H,14H2,(H,23,25)(H,24,26). The second-order valence-corrected chi connectivity index (χ2v) is 6.64. The molecule has 0 saturated heterocycles. The Hall–Kier alpha value is -3.12. The van der Waals surface area contributed by atoms with Crippen LogP contribution < -0.4 is 15.4 Å². The summed E-state index contributed by atoms with van der Waals surface area (Å²) in [5, 5.41) is 5.38. The first-order valence-corrected chi connectivity index (χ1v) is 9.06. The zero-order valence-electron chi connectivity index (χ0n) is 14.3. The van der Waals surface area contributed by atoms with Crippen LogP contribution in [-0.4, -0.2) is 11.8 Å². The van der Waals surface area contributed by atoms with Gasteiger partial charge in [0.2, 0.25) is 11.8 Å². The summed E-state index contributed by atoms with van der Waals surface area (Å²) in [5.74, 6) is 0.631. The number of ether oxygens (including phenoxy) is 1. The lowest BCUT2D eigenvalue weighted by Gasteiger charge is -2.08. The molecule has 0 heterocycles. The molecule has 0 atom stereocenters. The van der Waals surface area contributed by atoms with Gasteiger partial charge in [0, 0.05) is 15.8 Å². The van der Waals surface area contributed by atoms with E-state index in [1.54, 1.807) is 36.4 Å². The van der Waals surface area contributed by atoms with Gasteiger partial charge in [-0.2, -0.15) is 0 Å². The molecule has 0 radical (unpaired) electrons. The number of carbonyl (C=O) groups is 2. The average molecular weight is 425 g/mol. The van der Waals surface area contributed by atoms with Gasteiger partial charge >= 0.3 is 0 Å². The fourth-order valence-corrected chi connectivity index (χ4v) is 2.58. The Bertz CT molecular complexity index is 910. The van der Waals surface area contributed by atoms with Crippen LogP contribution in [0.1, 0.15) is 6.42 Å². The first-order valence-electron chi connectivity index (χ1n) is 8.27. The highest BCUT2D eigenvalue weighted by atomic mass is 79.9. The fourth-order valence-electron chi connectivity index (χ4n) is 2.32. The minimum absolute atomic E-state index is 0.266. The Morgan fingerprint density at radius 3 is 1.74 bits per heavy atom. The topological polar surface area (TPSA) is 67.4 Å². The lowest BCUT2D eigenvalue weighted by molar-refractivity contribution is -0.123. The first kappa shape index (κ1) is 18.7. The van der Waals surface area contributed by atoms with Gasteiger partial charge in [0.05, 0.1) is 0 Å². The van der Waals surface area contributed by atoms with Crippen LogP contribution in [0.15, 0.2) is 83.3 Å². The Kier molecular flexibility index (Phi) is 6.22. The molecule has 3 rings (SSSR count). The first-order chi connectivity index (χ1) is 13.1. The smallest absolute Gasteiger partial charge is 0.233 e. The van der Waals surface area contributed by atoms with Crippen molar-refractivity contribution in [1.29, 1.82) is 0 Å². The van der Waals surface area contributed by atoms with E-state index < -0.39 is 0 Å². The molecular formula is C21H17BrN2O3. The van der Waals surface area contributed by atoms with Gasteiger partial charge in [-0.25, -0.2) is 0 Å². The number of hydrogen-bond donors (Lipinski definition) is 2. The van der Waals surface area contributed by atoms with E-state index in [1.807, 2.05) is 42.5 Å². The maximum atomic E-state index is 12.0. The largest absolute Gasteiger partial charge is 0.457 e. The van der Waals surface area contributed by atoms with Crippen molar-refractivity contribution in [2.24, 2.45) is 0 Å². The summed E-state index contributed by atoms with van der Waals surface area (Å²) in [6.07, 6.45) is -0.266. The molecule has 136 valence electrons. The lowest BCUT2D eigenvalue weighted by Crippen LogP contribution is -2.21. The summed E-state index contributed by atoms with van der Waals surface area (Å²) in [5.41, 5.74) is 1.23. The van der Waals surface area contributed by atoms with Gasteiger partial charge in [-0.3, -0.25) is 9.59 Å². The SMILES string of the molecule is O=C(CC(=O)Nc1ccc(Oc2ccccc2)cc1)Nc1ccc(Br)cc1. The number of nitrogens with one attached hydrogen (secondary N) is 2. The predicted octanol–water partition coefficient (Wildman–Crippen LogP) is 5.21. The lowest BCUT2D eigenvalue weighted by atomic mass is 10.2. The van der Waals surface area contributed by atoms with Crippen molar-refractivity contribution in [3.8, 4) is 11.5 Å². The van der Waals surface area contributed by atoms with Crippen LogP contribution in [0.3, 0.4) is 0 Å². The molecule has 2 N–H and O–H groups in total. The summed E-state index contributed by atoms with van der Waals surface area (Å²) < 4.78 is 6.61. The van der Waals surface area contributed by atoms with Gasteiger partial charge in [-0.15, -0.1) is 0 Å². The summed E-state index contributed by atoms with van der Waals surface area (Å²) in [7, 11) is 0. The molecule has 3 aromatic carbocycles. The fraction of sp³-hybridized carbons (Fsp3) is 0.0476. The second kappa shape index (κ2) is 9.00. The van der Waals surface area contributed by atoms with Crippen molar-refractivity contribution < 1.29 is 14.3 Å². The van der Waals surface area contributed by atoms with E-state index in [2.05, 4.69) is 26.6 Å². The molecule has 0 bridgehead atoms. The van der Waals surface area contributed by atoms with Crippen LogP contribution in [-0.2, 0) is 9.59 Å². The van der Waals surface area contributed by atoms with Crippen molar-refractivity contribution in [3.63, 3.8) is 0 Å². The number of carbonyl (C=O) groups excluding carboxylic acids is 2. The number of para-hydroxylation sites is 1. The van der Waals surface area contributed by atoms with E-state index in [9.17, 15) is 9.59 Å². The van der Waals surface area contributed by atoms with Crippen LogP contribution in [0.4, 0.5) is 11.4 Å². The third kappa shape index (κ3) is 5.97. The summed E-state index contributed by atoms with van der Waals surface area (Å²) in [6.45, 7) is 0. The van der Waals surface area contributed by atoms with E-state index in [4.69, 9.17) is 4.74 Å². The van der Waals surface area contributed by atoms with Crippen LogP contribution in [0.2, 0.25) is 0 Å². The molecule has 0 aliphatic carbocycles. The van der Waals surface area contributed by atoms with E-state index >= 15 is 0 Å². The van der Waals surface area contributed by atoms with E-state index in [0.29, 0.717) is 17.1 Å². The number of hydrogen-bond acceptors (Lipinski definition) is 3. The number of anilines is 2. The highest BCUT2D eigenvalue weighted by Gasteiger charge is 2.10. The highest BCUT2D eigenvalue weighted by Crippen LogP contribution is 2.22. The third-order valence-electron chi connectivity index (χ3n) is 3.57. The zero-order valence-corrected chi connectivity index (χ0v) is 15.9. The Morgan fingerprint density at radius 1 is 0.704 bits per heavy atom. The number of rotatable bonds is 6. The average Bonchev–Trinajstić information content (AvgIpc) is 2.66. The van der Waals surface area contributed by atoms with Crippen molar-refractivity contribution in [2.75, 3.05) is 10.6 Å². The van der Waals surface area contributed by atoms with Crippen LogP contribution in [0, 0.1) is 0 Å². The normalized spacial score (nSPS) is 10.1. The van der Waals surface area contributed by atoms with Gasteiger partial charge in [0.1, 0.15) is 17.9 Å². The molecule has 0 aliphatic heterocycles. The van der Waals surface area contributed by atoms with E-state index in [0.717, 1.165) is 10.2 Å². The maximum absolute atomic E-state index is 12.0. The molecule has 3 aromatic rings. The van der Waals surface area contributed by atoms with Gasteiger partial charge in [-0.05, 0) is 60.7 Å². The van der Waals surface area contributed by atoms with Gasteiger partial charge in [-0.1, -0.05) is 34.1 Å². The molecule has 0 spiro atoms. The number of amides is 2. The molecule has 0 aliphatic rings. The summed E-state index contributed by atoms with van der Waals surface area (Å²) in [6, 6.07) is 23.5. The van der Waals surface area contributed by atoms with Crippen molar-refractivity contribution in [1.82, 2.24) is 0 Å². The summed E-state index contributed by atoms with van der Waals surface area (Å²) in [4.78, 5) is 24.0. The molecule has 0 saturated carbocycles. The predicted molar refractivity (Wildman–Crippen MR) is 109 cm³/mol. The second-order valence-electron chi connectivity index (χ2n) is 5.72. The maximum Gasteiger partial charge on any atom is 0.233 e. The van der Waals surface area contributed by atoms with Crippen LogP contribution in [0.5, 0.6) is 11.5 Å². The number of benzene rings is 3. The Balaban J connectivity index is 1.50. The monoisotopic (exact) mass is 424 g/mol. The van der Waals surface area contributed by atoms with Crippen molar-refractivity contribution in [2.45, 2.75) is 6.42 Å². The van der Waals surface area contributed by atoms with Crippen molar-refractivity contribution >= 4 is 39.1 Å². The van der Waals surface area contributed by atoms with Gasteiger partial charge in [0.25, 0.3) is 0 Å². The molecule has 0 unspecified atom stereocenters. The summed E-state index contributed by atoms with van der Waals surface area (Å²) >= 11 is 3.33. The Morgan fingerprint density at radius 2 is 1.19 bits per heavy atom. The van der Waals surface area contributed by atoms with Crippen molar-refractivity contribution in [3.05, 3.63) is 83.3 Å². The van der Waals surface area contributed by atoms with Gasteiger partial charge < -0.3 is 15.4 Å². The molecule has 27 heavy (non-hydrogen) atoms. The molecule has 2 amide bonds. The molecular weight excluding hydrogens is 408 g/mol. The Labute approximate surface area is 165 Å². The van der Waals surface area contributed by atoms with Crippen LogP contribution in [0.25, 0.3) is 0 Å². The number of halogens is 1. The molecule has 5 nitrogen and oxygen atoms in total. The third-order valence-corrected chi connectivity index (χ3v) is 4.09. The highest BCUT2D eigenvalue weighted by molar-refractivity contribution is 9.10. The van der Waals surface area contributed by atoms with Crippen LogP contribution >= 0.6 is 15.9 Å². The van der Waals surface area contributed by atoms with E-state index in [-0.39, 0.29) is 18.2 Å². The quantitative estimate of drug-likeness (QED) is 0.533. The van der Waals surface area contributed by atoms with Gasteiger partial charge in [0.15, 0.2) is 0 Å². The molecule has 0 aromatic heterocycles. The molecule has 0 fully saturated rings. The molecule has 6 heteroatoms. The zero-order chi connectivity index (χ0) is 19.1. The van der Waals surface area contributed by atoms with E-state index in [1.165, 1.54) is 0 Å².